The van der Waals surface area contributed by atoms with Crippen molar-refractivity contribution in [1.82, 2.24) is 4.90 Å². The molecule has 2 aromatic carbocycles. The van der Waals surface area contributed by atoms with Crippen molar-refractivity contribution in [2.24, 2.45) is 5.92 Å². The molecule has 0 spiro atoms. The Balaban J connectivity index is 1.44. The first-order valence-corrected chi connectivity index (χ1v) is 12.7. The Morgan fingerprint density at radius 3 is 2.42 bits per heavy atom. The number of carboxylic acids is 1. The van der Waals surface area contributed by atoms with E-state index in [9.17, 15) is 14.7 Å². The van der Waals surface area contributed by atoms with Crippen molar-refractivity contribution in [3.05, 3.63) is 58.1 Å². The molecule has 2 saturated heterocycles. The van der Waals surface area contributed by atoms with Crippen molar-refractivity contribution in [3.8, 4) is 0 Å². The first kappa shape index (κ1) is 24.0. The number of rotatable bonds is 6. The van der Waals surface area contributed by atoms with E-state index < -0.39 is 5.97 Å². The van der Waals surface area contributed by atoms with E-state index in [4.69, 9.17) is 23.2 Å². The summed E-state index contributed by atoms with van der Waals surface area (Å²) in [5, 5.41) is 10.1. The molecular formula is C25H26Cl2N2O3S. The lowest BCUT2D eigenvalue weighted by Gasteiger charge is -2.32. The van der Waals surface area contributed by atoms with Crippen molar-refractivity contribution in [3.63, 3.8) is 0 Å². The number of anilines is 1. The zero-order valence-electron chi connectivity index (χ0n) is 18.2. The highest BCUT2D eigenvalue weighted by Crippen LogP contribution is 2.40. The fraction of sp³-hybridized carbons (Fsp3) is 0.360. The molecule has 8 heteroatoms. The van der Waals surface area contributed by atoms with E-state index in [1.54, 1.807) is 12.2 Å². The third-order valence-electron chi connectivity index (χ3n) is 6.15. The molecule has 1 N–H and O–H groups in total. The van der Waals surface area contributed by atoms with Crippen molar-refractivity contribution in [1.29, 1.82) is 0 Å². The number of aliphatic carboxylic acids is 1. The van der Waals surface area contributed by atoms with Gasteiger partial charge in [0.05, 0.1) is 16.0 Å². The average molecular weight is 505 g/mol. The van der Waals surface area contributed by atoms with E-state index in [-0.39, 0.29) is 11.8 Å². The minimum absolute atomic E-state index is 0.00217. The zero-order chi connectivity index (χ0) is 23.4. The average Bonchev–Trinajstić information content (AvgIpc) is 3.37. The zero-order valence-corrected chi connectivity index (χ0v) is 20.5. The van der Waals surface area contributed by atoms with Crippen LogP contribution < -0.4 is 4.90 Å². The lowest BCUT2D eigenvalue weighted by Crippen LogP contribution is -2.36. The number of hydrogen-bond acceptors (Lipinski definition) is 4. The van der Waals surface area contributed by atoms with Crippen LogP contribution in [-0.4, -0.2) is 48.1 Å². The van der Waals surface area contributed by atoms with Gasteiger partial charge in [-0.25, -0.2) is 0 Å². The number of halogens is 2. The van der Waals surface area contributed by atoms with Gasteiger partial charge < -0.3 is 14.9 Å². The van der Waals surface area contributed by atoms with E-state index in [2.05, 4.69) is 11.0 Å². The van der Waals surface area contributed by atoms with Crippen LogP contribution in [0.2, 0.25) is 10.0 Å². The van der Waals surface area contributed by atoms with Crippen LogP contribution in [-0.2, 0) is 9.59 Å². The van der Waals surface area contributed by atoms with Crippen LogP contribution in [0.5, 0.6) is 0 Å². The number of likely N-dealkylation sites (tertiary alicyclic amines) is 1. The standard InChI is InChI=1S/C25H26Cl2N2O3S/c26-23-17(7-9-22(30)29-12-1-2-13-29)6-8-21(24(23)27)33-20-5-3-4-19(16-20)28-14-10-18(11-15-28)25(31)32/h3-9,16,18H,1-2,10-15H2,(H,31,32)/b9-7+. The SMILES string of the molecule is O=C(O)C1CCN(c2cccc(Sc3ccc(/C=C/C(=O)N4CCCC4)c(Cl)c3Cl)c2)CC1. The van der Waals surface area contributed by atoms with Gasteiger partial charge in [0.15, 0.2) is 0 Å². The van der Waals surface area contributed by atoms with Crippen molar-refractivity contribution >= 4 is 58.6 Å². The Kier molecular flexibility index (Phi) is 7.89. The van der Waals surface area contributed by atoms with Gasteiger partial charge in [-0.05, 0) is 61.6 Å². The summed E-state index contributed by atoms with van der Waals surface area (Å²) in [5.74, 6) is -0.954. The van der Waals surface area contributed by atoms with Crippen LogP contribution in [0.4, 0.5) is 5.69 Å². The highest BCUT2D eigenvalue weighted by molar-refractivity contribution is 7.99. The quantitative estimate of drug-likeness (QED) is 0.482. The van der Waals surface area contributed by atoms with Crippen molar-refractivity contribution in [2.45, 2.75) is 35.5 Å². The van der Waals surface area contributed by atoms with Crippen LogP contribution in [0.25, 0.3) is 6.08 Å². The summed E-state index contributed by atoms with van der Waals surface area (Å²) in [5.41, 5.74) is 1.79. The van der Waals surface area contributed by atoms with Crippen LogP contribution >= 0.6 is 35.0 Å². The summed E-state index contributed by atoms with van der Waals surface area (Å²) in [4.78, 5) is 29.4. The van der Waals surface area contributed by atoms with Gasteiger partial charge in [-0.3, -0.25) is 9.59 Å². The number of hydrogen-bond donors (Lipinski definition) is 1. The molecule has 0 unspecified atom stereocenters. The number of carbonyl (C=O) groups is 2. The summed E-state index contributed by atoms with van der Waals surface area (Å²) in [6.45, 7) is 3.08. The molecule has 5 nitrogen and oxygen atoms in total. The monoisotopic (exact) mass is 504 g/mol. The molecule has 2 aromatic rings. The first-order chi connectivity index (χ1) is 15.9. The molecule has 0 aromatic heterocycles. The van der Waals surface area contributed by atoms with Gasteiger partial charge in [0.2, 0.25) is 5.91 Å². The normalized spacial score (nSPS) is 17.2. The van der Waals surface area contributed by atoms with E-state index >= 15 is 0 Å². The maximum atomic E-state index is 12.3. The smallest absolute Gasteiger partial charge is 0.306 e. The third-order valence-corrected chi connectivity index (χ3v) is 8.21. The number of carbonyl (C=O) groups excluding carboxylic acids is 1. The number of piperidine rings is 1. The van der Waals surface area contributed by atoms with Gasteiger partial charge >= 0.3 is 5.97 Å². The molecule has 2 aliphatic rings. The second-order valence-corrected chi connectivity index (χ2v) is 10.2. The second kappa shape index (κ2) is 10.9. The van der Waals surface area contributed by atoms with Gasteiger partial charge in [-0.1, -0.05) is 47.1 Å². The molecule has 174 valence electrons. The fourth-order valence-corrected chi connectivity index (χ4v) is 5.69. The van der Waals surface area contributed by atoms with Gasteiger partial charge in [0.1, 0.15) is 0 Å². The minimum Gasteiger partial charge on any atom is -0.481 e. The molecule has 0 bridgehead atoms. The van der Waals surface area contributed by atoms with Crippen LogP contribution in [0, 0.1) is 5.92 Å². The summed E-state index contributed by atoms with van der Waals surface area (Å²) in [7, 11) is 0. The summed E-state index contributed by atoms with van der Waals surface area (Å²) >= 11 is 14.6. The predicted molar refractivity (Wildman–Crippen MR) is 134 cm³/mol. The second-order valence-electron chi connectivity index (χ2n) is 8.35. The molecule has 0 saturated carbocycles. The Morgan fingerprint density at radius 2 is 1.73 bits per heavy atom. The maximum Gasteiger partial charge on any atom is 0.306 e. The fourth-order valence-electron chi connectivity index (χ4n) is 4.21. The topological polar surface area (TPSA) is 60.9 Å². The molecule has 0 aliphatic carbocycles. The Hall–Kier alpha value is -2.15. The third kappa shape index (κ3) is 5.86. The molecule has 2 fully saturated rings. The molecule has 0 radical (unpaired) electrons. The lowest BCUT2D eigenvalue weighted by atomic mass is 9.97. The molecule has 4 rings (SSSR count). The number of carboxylic acid groups (broad SMARTS) is 1. The molecule has 2 aliphatic heterocycles. The molecule has 33 heavy (non-hydrogen) atoms. The van der Waals surface area contributed by atoms with Crippen LogP contribution in [0.1, 0.15) is 31.2 Å². The number of nitrogens with zero attached hydrogens (tertiary/aromatic N) is 2. The van der Waals surface area contributed by atoms with E-state index in [1.165, 1.54) is 11.8 Å². The highest BCUT2D eigenvalue weighted by atomic mass is 35.5. The van der Waals surface area contributed by atoms with Crippen molar-refractivity contribution in [2.75, 3.05) is 31.1 Å². The van der Waals surface area contributed by atoms with E-state index in [0.717, 1.165) is 54.5 Å². The van der Waals surface area contributed by atoms with Crippen molar-refractivity contribution < 1.29 is 14.7 Å². The van der Waals surface area contributed by atoms with Gasteiger partial charge in [0, 0.05) is 47.7 Å². The summed E-state index contributed by atoms with van der Waals surface area (Å²) < 4.78 is 0. The minimum atomic E-state index is -0.704. The molecule has 1 amide bonds. The van der Waals surface area contributed by atoms with Crippen LogP contribution in [0.15, 0.2) is 52.3 Å². The Morgan fingerprint density at radius 1 is 1.00 bits per heavy atom. The maximum absolute atomic E-state index is 12.3. The summed E-state index contributed by atoms with van der Waals surface area (Å²) in [6, 6.07) is 12.0. The number of amides is 1. The lowest BCUT2D eigenvalue weighted by molar-refractivity contribution is -0.142. The van der Waals surface area contributed by atoms with Gasteiger partial charge in [0.25, 0.3) is 0 Å². The van der Waals surface area contributed by atoms with E-state index in [1.807, 2.05) is 35.2 Å². The summed E-state index contributed by atoms with van der Waals surface area (Å²) in [6.07, 6.45) is 6.71. The predicted octanol–water partition coefficient (Wildman–Crippen LogP) is 6.08. The largest absolute Gasteiger partial charge is 0.481 e. The molecular weight excluding hydrogens is 479 g/mol. The van der Waals surface area contributed by atoms with Gasteiger partial charge in [-0.15, -0.1) is 0 Å². The van der Waals surface area contributed by atoms with E-state index in [0.29, 0.717) is 28.5 Å². The first-order valence-electron chi connectivity index (χ1n) is 11.1. The highest BCUT2D eigenvalue weighted by Gasteiger charge is 2.24. The molecule has 0 atom stereocenters. The number of benzene rings is 2. The Labute approximate surface area is 208 Å². The van der Waals surface area contributed by atoms with Crippen LogP contribution in [0.3, 0.4) is 0 Å². The Bertz CT molecular complexity index is 1060. The molecule has 2 heterocycles. The van der Waals surface area contributed by atoms with Gasteiger partial charge in [-0.2, -0.15) is 0 Å².